The molecular formula is C11H14FN3O2S. The molecule has 7 heteroatoms. The van der Waals surface area contributed by atoms with Gasteiger partial charge in [0.15, 0.2) is 0 Å². The molecule has 18 heavy (non-hydrogen) atoms. The molecule has 0 saturated heterocycles. The van der Waals surface area contributed by atoms with Crippen LogP contribution < -0.4 is 5.73 Å². The third kappa shape index (κ3) is 2.97. The predicted octanol–water partition coefficient (Wildman–Crippen LogP) is 1.19. The number of rotatable bonds is 4. The normalized spacial score (nSPS) is 13.3. The molecule has 98 valence electrons. The second kappa shape index (κ2) is 5.33. The summed E-state index contributed by atoms with van der Waals surface area (Å²) in [6, 6.07) is 5.25. The van der Waals surface area contributed by atoms with Gasteiger partial charge in [0.2, 0.25) is 10.0 Å². The Bertz CT molecular complexity index is 580. The van der Waals surface area contributed by atoms with Crippen LogP contribution in [0.1, 0.15) is 6.92 Å². The summed E-state index contributed by atoms with van der Waals surface area (Å²) in [4.78, 5) is -0.179. The first kappa shape index (κ1) is 14.4. The second-order valence-corrected chi connectivity index (χ2v) is 6.04. The molecule has 0 fully saturated rings. The summed E-state index contributed by atoms with van der Waals surface area (Å²) in [7, 11) is -2.45. The van der Waals surface area contributed by atoms with E-state index in [9.17, 15) is 12.8 Å². The quantitative estimate of drug-likeness (QED) is 0.833. The molecule has 1 aromatic rings. The Kier molecular flexibility index (Phi) is 4.27. The zero-order valence-corrected chi connectivity index (χ0v) is 10.9. The summed E-state index contributed by atoms with van der Waals surface area (Å²) >= 11 is 0. The Balaban J connectivity index is 3.06. The molecule has 0 bridgehead atoms. The third-order valence-corrected chi connectivity index (χ3v) is 4.25. The number of nitrogens with two attached hydrogens (primary N) is 1. The van der Waals surface area contributed by atoms with Crippen LogP contribution in [0.2, 0.25) is 0 Å². The largest absolute Gasteiger partial charge is 0.396 e. The van der Waals surface area contributed by atoms with E-state index in [1.807, 2.05) is 6.07 Å². The monoisotopic (exact) mass is 271 g/mol. The number of halogens is 1. The Morgan fingerprint density at radius 2 is 2.17 bits per heavy atom. The first-order chi connectivity index (χ1) is 8.28. The molecule has 0 amide bonds. The Hall–Kier alpha value is -1.65. The lowest BCUT2D eigenvalue weighted by atomic mass is 10.2. The fourth-order valence-electron chi connectivity index (χ4n) is 1.37. The molecule has 5 nitrogen and oxygen atoms in total. The molecule has 1 aromatic carbocycles. The van der Waals surface area contributed by atoms with Crippen LogP contribution in [0.3, 0.4) is 0 Å². The van der Waals surface area contributed by atoms with Crippen molar-refractivity contribution < 1.29 is 12.8 Å². The van der Waals surface area contributed by atoms with Gasteiger partial charge in [0.1, 0.15) is 5.82 Å². The highest BCUT2D eigenvalue weighted by atomic mass is 32.2. The van der Waals surface area contributed by atoms with Crippen molar-refractivity contribution in [1.29, 1.82) is 5.26 Å². The summed E-state index contributed by atoms with van der Waals surface area (Å²) < 4.78 is 38.4. The minimum absolute atomic E-state index is 0.0465. The van der Waals surface area contributed by atoms with E-state index in [1.54, 1.807) is 6.92 Å². The lowest BCUT2D eigenvalue weighted by Gasteiger charge is -2.18. The van der Waals surface area contributed by atoms with Gasteiger partial charge in [0.25, 0.3) is 0 Å². The average molecular weight is 271 g/mol. The van der Waals surface area contributed by atoms with E-state index < -0.39 is 21.8 Å². The Morgan fingerprint density at radius 3 is 2.67 bits per heavy atom. The van der Waals surface area contributed by atoms with Gasteiger partial charge in [-0.1, -0.05) is 0 Å². The first-order valence-corrected chi connectivity index (χ1v) is 6.64. The summed E-state index contributed by atoms with van der Waals surface area (Å²) in [5.41, 5.74) is 5.17. The van der Waals surface area contributed by atoms with E-state index in [0.29, 0.717) is 0 Å². The van der Waals surface area contributed by atoms with Crippen LogP contribution in [0.25, 0.3) is 0 Å². The van der Waals surface area contributed by atoms with Crippen LogP contribution >= 0.6 is 0 Å². The van der Waals surface area contributed by atoms with Gasteiger partial charge in [0, 0.05) is 13.6 Å². The fourth-order valence-corrected chi connectivity index (χ4v) is 2.65. The number of nitrogen functional groups attached to an aromatic ring is 1. The highest BCUT2D eigenvalue weighted by Gasteiger charge is 2.23. The van der Waals surface area contributed by atoms with Crippen molar-refractivity contribution in [2.75, 3.05) is 19.3 Å². The van der Waals surface area contributed by atoms with Crippen LogP contribution in [0, 0.1) is 23.1 Å². The van der Waals surface area contributed by atoms with Crippen LogP contribution in [-0.2, 0) is 10.0 Å². The highest BCUT2D eigenvalue weighted by molar-refractivity contribution is 7.89. The maximum atomic E-state index is 13.2. The van der Waals surface area contributed by atoms with Crippen molar-refractivity contribution in [3.63, 3.8) is 0 Å². The van der Waals surface area contributed by atoms with E-state index in [4.69, 9.17) is 11.0 Å². The summed E-state index contributed by atoms with van der Waals surface area (Å²) in [6.45, 7) is 1.65. The SMILES string of the molecule is CC(C#N)CN(C)S(=O)(=O)c1ccc(N)c(F)c1. The van der Waals surface area contributed by atoms with Crippen molar-refractivity contribution >= 4 is 15.7 Å². The number of hydrogen-bond acceptors (Lipinski definition) is 4. The number of anilines is 1. The highest BCUT2D eigenvalue weighted by Crippen LogP contribution is 2.19. The van der Waals surface area contributed by atoms with Gasteiger partial charge in [-0.2, -0.15) is 9.57 Å². The van der Waals surface area contributed by atoms with E-state index >= 15 is 0 Å². The van der Waals surface area contributed by atoms with Crippen LogP contribution in [0.4, 0.5) is 10.1 Å². The maximum Gasteiger partial charge on any atom is 0.242 e. The molecule has 0 aliphatic heterocycles. The number of nitriles is 1. The van der Waals surface area contributed by atoms with Gasteiger partial charge >= 0.3 is 0 Å². The van der Waals surface area contributed by atoms with Gasteiger partial charge < -0.3 is 5.73 Å². The smallest absolute Gasteiger partial charge is 0.242 e. The Morgan fingerprint density at radius 1 is 1.56 bits per heavy atom. The second-order valence-electron chi connectivity index (χ2n) is 4.00. The van der Waals surface area contributed by atoms with Crippen molar-refractivity contribution in [3.8, 4) is 6.07 Å². The lowest BCUT2D eigenvalue weighted by Crippen LogP contribution is -2.30. The third-order valence-electron chi connectivity index (χ3n) is 2.43. The zero-order chi connectivity index (χ0) is 13.9. The molecule has 0 radical (unpaired) electrons. The van der Waals surface area contributed by atoms with Crippen LogP contribution in [-0.4, -0.2) is 26.3 Å². The van der Waals surface area contributed by atoms with Gasteiger partial charge in [-0.3, -0.25) is 0 Å². The van der Waals surface area contributed by atoms with Gasteiger partial charge in [-0.05, 0) is 25.1 Å². The molecule has 0 aliphatic carbocycles. The number of nitrogens with zero attached hydrogens (tertiary/aromatic N) is 2. The minimum atomic E-state index is -3.80. The molecule has 0 spiro atoms. The Labute approximate surface area is 106 Å². The standard InChI is InChI=1S/C11H14FN3O2S/c1-8(6-13)7-15(2)18(16,17)9-3-4-11(14)10(12)5-9/h3-5,8H,7,14H2,1-2H3. The van der Waals surface area contributed by atoms with E-state index in [1.165, 1.54) is 19.2 Å². The lowest BCUT2D eigenvalue weighted by molar-refractivity contribution is 0.438. The molecule has 0 aliphatic rings. The topological polar surface area (TPSA) is 87.2 Å². The van der Waals surface area contributed by atoms with Gasteiger partial charge in [-0.15, -0.1) is 0 Å². The molecule has 0 heterocycles. The molecular weight excluding hydrogens is 257 g/mol. The summed E-state index contributed by atoms with van der Waals surface area (Å²) in [5.74, 6) is -1.22. The molecule has 2 N–H and O–H groups in total. The van der Waals surface area contributed by atoms with Gasteiger partial charge in [-0.25, -0.2) is 12.8 Å². The first-order valence-electron chi connectivity index (χ1n) is 5.20. The molecule has 1 unspecified atom stereocenters. The van der Waals surface area contributed by atoms with Crippen molar-refractivity contribution in [2.24, 2.45) is 5.92 Å². The van der Waals surface area contributed by atoms with Gasteiger partial charge in [0.05, 0.1) is 22.6 Å². The van der Waals surface area contributed by atoms with Crippen LogP contribution in [0.5, 0.6) is 0 Å². The van der Waals surface area contributed by atoms with E-state index in [-0.39, 0.29) is 17.1 Å². The molecule has 0 aromatic heterocycles. The predicted molar refractivity (Wildman–Crippen MR) is 65.4 cm³/mol. The molecule has 0 saturated carbocycles. The number of hydrogen-bond donors (Lipinski definition) is 1. The zero-order valence-electron chi connectivity index (χ0n) is 10.1. The summed E-state index contributed by atoms with van der Waals surface area (Å²) in [6.07, 6.45) is 0. The fraction of sp³-hybridized carbons (Fsp3) is 0.364. The minimum Gasteiger partial charge on any atom is -0.396 e. The summed E-state index contributed by atoms with van der Waals surface area (Å²) in [5, 5.41) is 8.65. The molecule has 1 rings (SSSR count). The maximum absolute atomic E-state index is 13.2. The van der Waals surface area contributed by atoms with Crippen molar-refractivity contribution in [3.05, 3.63) is 24.0 Å². The van der Waals surface area contributed by atoms with Crippen LogP contribution in [0.15, 0.2) is 23.1 Å². The van der Waals surface area contributed by atoms with E-state index in [0.717, 1.165) is 10.4 Å². The van der Waals surface area contributed by atoms with Crippen molar-refractivity contribution in [2.45, 2.75) is 11.8 Å². The number of benzene rings is 1. The van der Waals surface area contributed by atoms with E-state index in [2.05, 4.69) is 0 Å². The van der Waals surface area contributed by atoms with Crippen molar-refractivity contribution in [1.82, 2.24) is 4.31 Å². The molecule has 1 atom stereocenters. The number of sulfonamides is 1. The average Bonchev–Trinajstić information content (AvgIpc) is 2.32.